The van der Waals surface area contributed by atoms with Gasteiger partial charge in [-0.05, 0) is 48.5 Å². The van der Waals surface area contributed by atoms with Crippen LogP contribution >= 0.6 is 0 Å². The van der Waals surface area contributed by atoms with E-state index >= 15 is 0 Å². The first-order valence-electron chi connectivity index (χ1n) is 9.89. The summed E-state index contributed by atoms with van der Waals surface area (Å²) < 4.78 is 56.7. The predicted octanol–water partition coefficient (Wildman–Crippen LogP) is 6.11. The van der Waals surface area contributed by atoms with Crippen molar-refractivity contribution in [1.82, 2.24) is 4.98 Å². The van der Waals surface area contributed by atoms with Crippen molar-refractivity contribution in [2.24, 2.45) is 0 Å². The van der Waals surface area contributed by atoms with Crippen LogP contribution in [0.1, 0.15) is 0 Å². The smallest absolute Gasteiger partial charge is 0.323 e. The summed E-state index contributed by atoms with van der Waals surface area (Å²) in [5, 5.41) is 5.30. The zero-order chi connectivity index (χ0) is 24.2. The van der Waals surface area contributed by atoms with Gasteiger partial charge < -0.3 is 24.8 Å². The highest BCUT2D eigenvalue weighted by atomic mass is 19.2. The molecular formula is C24H18F3N3O4. The minimum Gasteiger partial charge on any atom is -0.493 e. The number of benzene rings is 3. The van der Waals surface area contributed by atoms with Crippen molar-refractivity contribution in [3.05, 3.63) is 78.2 Å². The van der Waals surface area contributed by atoms with Crippen LogP contribution in [0.2, 0.25) is 0 Å². The molecule has 1 aromatic heterocycles. The number of amides is 2. The van der Waals surface area contributed by atoms with Gasteiger partial charge in [-0.15, -0.1) is 0 Å². The Morgan fingerprint density at radius 3 is 2.24 bits per heavy atom. The van der Waals surface area contributed by atoms with Crippen LogP contribution in [0.25, 0.3) is 10.9 Å². The summed E-state index contributed by atoms with van der Waals surface area (Å²) in [5.74, 6) is -2.44. The largest absolute Gasteiger partial charge is 0.493 e. The monoisotopic (exact) mass is 469 g/mol. The van der Waals surface area contributed by atoms with Gasteiger partial charge in [-0.1, -0.05) is 0 Å². The molecule has 174 valence electrons. The first kappa shape index (κ1) is 22.7. The van der Waals surface area contributed by atoms with Gasteiger partial charge in [0.05, 0.1) is 25.4 Å². The van der Waals surface area contributed by atoms with Gasteiger partial charge in [0.1, 0.15) is 11.5 Å². The van der Waals surface area contributed by atoms with E-state index in [9.17, 15) is 18.0 Å². The number of nitrogens with one attached hydrogen (secondary N) is 2. The van der Waals surface area contributed by atoms with Gasteiger partial charge >= 0.3 is 6.03 Å². The highest BCUT2D eigenvalue weighted by Gasteiger charge is 2.15. The molecule has 0 saturated heterocycles. The number of ether oxygens (including phenoxy) is 3. The van der Waals surface area contributed by atoms with E-state index in [1.54, 1.807) is 48.7 Å². The summed E-state index contributed by atoms with van der Waals surface area (Å²) in [6, 6.07) is 12.3. The molecule has 0 unspecified atom stereocenters. The van der Waals surface area contributed by atoms with E-state index in [-0.39, 0.29) is 0 Å². The minimum atomic E-state index is -1.67. The van der Waals surface area contributed by atoms with Crippen LogP contribution in [0.5, 0.6) is 23.0 Å². The number of hydrogen-bond donors (Lipinski definition) is 2. The number of carbonyl (C=O) groups excluding carboxylic acids is 1. The Labute approximate surface area is 192 Å². The van der Waals surface area contributed by atoms with E-state index in [2.05, 4.69) is 15.6 Å². The van der Waals surface area contributed by atoms with Crippen LogP contribution < -0.4 is 24.8 Å². The molecule has 3 aromatic carbocycles. The zero-order valence-electron chi connectivity index (χ0n) is 18.0. The van der Waals surface area contributed by atoms with Gasteiger partial charge in [0.2, 0.25) is 0 Å². The van der Waals surface area contributed by atoms with Crippen LogP contribution in [0.3, 0.4) is 0 Å². The summed E-state index contributed by atoms with van der Waals surface area (Å²) in [6.07, 6.45) is 1.60. The third kappa shape index (κ3) is 4.65. The molecule has 0 fully saturated rings. The summed E-state index contributed by atoms with van der Waals surface area (Å²) in [7, 11) is 3.07. The minimum absolute atomic E-state index is 0.360. The number of hydrogen-bond acceptors (Lipinski definition) is 5. The van der Waals surface area contributed by atoms with Crippen molar-refractivity contribution < 1.29 is 32.2 Å². The lowest BCUT2D eigenvalue weighted by Crippen LogP contribution is -2.20. The molecule has 4 aromatic rings. The number of fused-ring (bicyclic) bond motifs is 1. The Kier molecular flexibility index (Phi) is 6.39. The number of nitrogens with zero attached hydrogens (tertiary/aromatic N) is 1. The normalized spacial score (nSPS) is 10.6. The number of methoxy groups -OCH3 is 2. The fourth-order valence-corrected chi connectivity index (χ4v) is 3.18. The molecule has 0 spiro atoms. The second kappa shape index (κ2) is 9.57. The zero-order valence-corrected chi connectivity index (χ0v) is 18.0. The number of aromatic nitrogens is 1. The highest BCUT2D eigenvalue weighted by Crippen LogP contribution is 2.37. The van der Waals surface area contributed by atoms with Crippen molar-refractivity contribution in [1.29, 1.82) is 0 Å². The molecule has 2 amide bonds. The van der Waals surface area contributed by atoms with Crippen molar-refractivity contribution in [2.75, 3.05) is 24.9 Å². The van der Waals surface area contributed by atoms with Crippen LogP contribution in [0.15, 0.2) is 60.8 Å². The second-order valence-electron chi connectivity index (χ2n) is 6.96. The molecule has 0 bridgehead atoms. The quantitative estimate of drug-likeness (QED) is 0.333. The Morgan fingerprint density at radius 1 is 0.824 bits per heavy atom. The lowest BCUT2D eigenvalue weighted by Gasteiger charge is -2.13. The van der Waals surface area contributed by atoms with E-state index < -0.39 is 29.2 Å². The Balaban J connectivity index is 1.48. The van der Waals surface area contributed by atoms with Gasteiger partial charge in [-0.25, -0.2) is 18.0 Å². The van der Waals surface area contributed by atoms with E-state index in [1.807, 2.05) is 0 Å². The van der Waals surface area contributed by atoms with Gasteiger partial charge in [0, 0.05) is 23.3 Å². The SMILES string of the molecule is COc1cc2nccc(Oc3ccc(NC(=O)Nc4ccc(F)c(F)c4F)cc3)c2cc1OC. The molecule has 0 radical (unpaired) electrons. The molecule has 34 heavy (non-hydrogen) atoms. The maximum absolute atomic E-state index is 13.7. The van der Waals surface area contributed by atoms with Crippen LogP contribution in [-0.4, -0.2) is 25.2 Å². The first-order valence-corrected chi connectivity index (χ1v) is 9.89. The summed E-state index contributed by atoms with van der Waals surface area (Å²) in [5.41, 5.74) is 0.515. The second-order valence-corrected chi connectivity index (χ2v) is 6.96. The summed E-state index contributed by atoms with van der Waals surface area (Å²) in [4.78, 5) is 16.4. The Hall–Kier alpha value is -4.47. The van der Waals surface area contributed by atoms with Crippen molar-refractivity contribution in [3.63, 3.8) is 0 Å². The molecule has 0 atom stereocenters. The highest BCUT2D eigenvalue weighted by molar-refractivity contribution is 5.99. The predicted molar refractivity (Wildman–Crippen MR) is 120 cm³/mol. The molecule has 0 aliphatic rings. The van der Waals surface area contributed by atoms with E-state index in [1.165, 1.54) is 14.2 Å². The Bertz CT molecular complexity index is 1360. The van der Waals surface area contributed by atoms with Crippen LogP contribution in [0.4, 0.5) is 29.3 Å². The van der Waals surface area contributed by atoms with Crippen LogP contribution in [0, 0.1) is 17.5 Å². The van der Waals surface area contributed by atoms with Crippen molar-refractivity contribution >= 4 is 28.3 Å². The number of anilines is 2. The maximum atomic E-state index is 13.7. The lowest BCUT2D eigenvalue weighted by atomic mass is 10.2. The van der Waals surface area contributed by atoms with Gasteiger partial charge in [-0.2, -0.15) is 0 Å². The fourth-order valence-electron chi connectivity index (χ4n) is 3.18. The maximum Gasteiger partial charge on any atom is 0.323 e. The van der Waals surface area contributed by atoms with Gasteiger partial charge in [0.25, 0.3) is 0 Å². The average molecular weight is 469 g/mol. The number of urea groups is 1. The number of halogens is 3. The third-order valence-corrected chi connectivity index (χ3v) is 4.83. The topological polar surface area (TPSA) is 81.7 Å². The first-order chi connectivity index (χ1) is 16.4. The lowest BCUT2D eigenvalue weighted by molar-refractivity contribution is 0.262. The number of rotatable bonds is 6. The molecule has 2 N–H and O–H groups in total. The van der Waals surface area contributed by atoms with E-state index in [4.69, 9.17) is 14.2 Å². The number of pyridine rings is 1. The standard InChI is InChI=1S/C24H18F3N3O4/c1-32-20-11-15-18(12-21(20)33-2)28-10-9-19(15)34-14-5-3-13(4-6-14)29-24(31)30-17-8-7-16(25)22(26)23(17)27/h3-12H,1-2H3,(H2,29,30,31). The third-order valence-electron chi connectivity index (χ3n) is 4.83. The molecule has 0 aliphatic heterocycles. The van der Waals surface area contributed by atoms with E-state index in [0.717, 1.165) is 6.07 Å². The molecule has 0 aliphatic carbocycles. The van der Waals surface area contributed by atoms with Gasteiger partial charge in [-0.3, -0.25) is 4.98 Å². The Morgan fingerprint density at radius 2 is 1.53 bits per heavy atom. The van der Waals surface area contributed by atoms with Crippen molar-refractivity contribution in [3.8, 4) is 23.0 Å². The molecule has 0 saturated carbocycles. The van der Waals surface area contributed by atoms with E-state index in [0.29, 0.717) is 45.7 Å². The molecule has 7 nitrogen and oxygen atoms in total. The molecule has 4 rings (SSSR count). The van der Waals surface area contributed by atoms with Gasteiger partial charge in [0.15, 0.2) is 29.0 Å². The summed E-state index contributed by atoms with van der Waals surface area (Å²) in [6.45, 7) is 0. The molecule has 1 heterocycles. The van der Waals surface area contributed by atoms with Crippen molar-refractivity contribution in [2.45, 2.75) is 0 Å². The molecular weight excluding hydrogens is 451 g/mol. The molecule has 10 heteroatoms. The number of carbonyl (C=O) groups is 1. The fraction of sp³-hybridized carbons (Fsp3) is 0.0833. The summed E-state index contributed by atoms with van der Waals surface area (Å²) >= 11 is 0. The van der Waals surface area contributed by atoms with Crippen LogP contribution in [-0.2, 0) is 0 Å². The average Bonchev–Trinajstić information content (AvgIpc) is 2.85.